The van der Waals surface area contributed by atoms with Gasteiger partial charge in [0.15, 0.2) is 0 Å². The van der Waals surface area contributed by atoms with Gasteiger partial charge in [0.1, 0.15) is 30.3 Å². The Balaban J connectivity index is 2.05. The van der Waals surface area contributed by atoms with Crippen molar-refractivity contribution >= 4 is 5.97 Å². The Hall–Kier alpha value is -2.75. The Labute approximate surface area is 129 Å². The van der Waals surface area contributed by atoms with Crippen LogP contribution in [0.4, 0.5) is 0 Å². The van der Waals surface area contributed by atoms with Crippen LogP contribution in [0.15, 0.2) is 61.2 Å². The van der Waals surface area contributed by atoms with E-state index in [0.717, 1.165) is 11.3 Å². The summed E-state index contributed by atoms with van der Waals surface area (Å²) in [5.74, 6) is 0.856. The fourth-order valence-corrected chi connectivity index (χ4v) is 1.86. The molecule has 0 amide bonds. The van der Waals surface area contributed by atoms with Gasteiger partial charge in [-0.15, -0.1) is 0 Å². The molecule has 0 radical (unpaired) electrons. The van der Waals surface area contributed by atoms with Gasteiger partial charge in [-0.1, -0.05) is 36.9 Å². The molecule has 0 unspecified atom stereocenters. The van der Waals surface area contributed by atoms with Crippen molar-refractivity contribution < 1.29 is 19.0 Å². The third-order valence-electron chi connectivity index (χ3n) is 2.99. The number of benzene rings is 2. The lowest BCUT2D eigenvalue weighted by atomic mass is 10.2. The van der Waals surface area contributed by atoms with Gasteiger partial charge in [-0.25, -0.2) is 4.79 Å². The van der Waals surface area contributed by atoms with Gasteiger partial charge in [0.05, 0.1) is 7.11 Å². The van der Waals surface area contributed by atoms with Crippen molar-refractivity contribution in [2.24, 2.45) is 0 Å². The van der Waals surface area contributed by atoms with Crippen LogP contribution in [0.3, 0.4) is 0 Å². The molecule has 0 saturated carbocycles. The van der Waals surface area contributed by atoms with E-state index in [2.05, 4.69) is 6.58 Å². The van der Waals surface area contributed by atoms with Gasteiger partial charge in [0.25, 0.3) is 0 Å². The number of hydrogen-bond donors (Lipinski definition) is 0. The van der Waals surface area contributed by atoms with E-state index in [1.165, 1.54) is 6.08 Å². The maximum Gasteiger partial charge on any atom is 0.342 e. The zero-order chi connectivity index (χ0) is 15.8. The van der Waals surface area contributed by atoms with Crippen LogP contribution in [-0.4, -0.2) is 19.7 Å². The van der Waals surface area contributed by atoms with E-state index in [9.17, 15) is 4.79 Å². The third kappa shape index (κ3) is 4.12. The first-order chi connectivity index (χ1) is 10.7. The Kier molecular flexibility index (Phi) is 5.60. The molecule has 2 aromatic carbocycles. The molecule has 0 atom stereocenters. The summed E-state index contributed by atoms with van der Waals surface area (Å²) in [5.41, 5.74) is 1.38. The normalized spacial score (nSPS) is 9.86. The summed E-state index contributed by atoms with van der Waals surface area (Å²) >= 11 is 0. The molecule has 4 heteroatoms. The van der Waals surface area contributed by atoms with Crippen molar-refractivity contribution in [1.82, 2.24) is 0 Å². The lowest BCUT2D eigenvalue weighted by Gasteiger charge is -2.11. The molecule has 2 rings (SSSR count). The minimum Gasteiger partial charge on any atom is -0.497 e. The monoisotopic (exact) mass is 298 g/mol. The summed E-state index contributed by atoms with van der Waals surface area (Å²) in [6, 6.07) is 14.6. The van der Waals surface area contributed by atoms with Crippen LogP contribution in [0.5, 0.6) is 11.5 Å². The zero-order valence-corrected chi connectivity index (χ0v) is 12.5. The molecule has 0 aliphatic rings. The summed E-state index contributed by atoms with van der Waals surface area (Å²) in [6.07, 6.45) is 1.53. The summed E-state index contributed by atoms with van der Waals surface area (Å²) in [4.78, 5) is 12.0. The number of rotatable bonds is 7. The summed E-state index contributed by atoms with van der Waals surface area (Å²) in [5, 5.41) is 0. The fourth-order valence-electron chi connectivity index (χ4n) is 1.86. The molecule has 2 aromatic rings. The Morgan fingerprint density at radius 3 is 2.55 bits per heavy atom. The standard InChI is InChI=1S/C18H18O4/c1-3-12-21-18(19)16-6-4-5-7-17(16)22-13-14-8-10-15(20-2)11-9-14/h3-11H,1,12-13H2,2H3. The highest BCUT2D eigenvalue weighted by Crippen LogP contribution is 2.21. The van der Waals surface area contributed by atoms with E-state index in [4.69, 9.17) is 14.2 Å². The predicted octanol–water partition coefficient (Wildman–Crippen LogP) is 3.62. The summed E-state index contributed by atoms with van der Waals surface area (Å²) in [6.45, 7) is 4.05. The van der Waals surface area contributed by atoms with E-state index < -0.39 is 5.97 Å². The first kappa shape index (κ1) is 15.6. The molecule has 0 N–H and O–H groups in total. The highest BCUT2D eigenvalue weighted by molar-refractivity contribution is 5.92. The molecule has 0 heterocycles. The van der Waals surface area contributed by atoms with Gasteiger partial charge in [-0.2, -0.15) is 0 Å². The zero-order valence-electron chi connectivity index (χ0n) is 12.5. The summed E-state index contributed by atoms with van der Waals surface area (Å²) in [7, 11) is 1.62. The SMILES string of the molecule is C=CCOC(=O)c1ccccc1OCc1ccc(OC)cc1. The lowest BCUT2D eigenvalue weighted by molar-refractivity contribution is 0.0544. The Morgan fingerprint density at radius 1 is 1.14 bits per heavy atom. The average molecular weight is 298 g/mol. The molecule has 0 aliphatic carbocycles. The van der Waals surface area contributed by atoms with E-state index >= 15 is 0 Å². The molecule has 0 fully saturated rings. The van der Waals surface area contributed by atoms with Crippen molar-refractivity contribution in [2.75, 3.05) is 13.7 Å². The number of carbonyl (C=O) groups excluding carboxylic acids is 1. The molecular formula is C18H18O4. The molecule has 0 aromatic heterocycles. The third-order valence-corrected chi connectivity index (χ3v) is 2.99. The largest absolute Gasteiger partial charge is 0.497 e. The van der Waals surface area contributed by atoms with Crippen LogP contribution in [0.1, 0.15) is 15.9 Å². The highest BCUT2D eigenvalue weighted by atomic mass is 16.5. The number of carbonyl (C=O) groups is 1. The Bertz CT molecular complexity index is 632. The molecule has 0 saturated heterocycles. The molecule has 22 heavy (non-hydrogen) atoms. The van der Waals surface area contributed by atoms with Crippen molar-refractivity contribution in [3.05, 3.63) is 72.3 Å². The number of methoxy groups -OCH3 is 1. The van der Waals surface area contributed by atoms with Crippen LogP contribution in [0.2, 0.25) is 0 Å². The van der Waals surface area contributed by atoms with Crippen molar-refractivity contribution in [1.29, 1.82) is 0 Å². The van der Waals surface area contributed by atoms with Gasteiger partial charge in [0, 0.05) is 0 Å². The van der Waals surface area contributed by atoms with Gasteiger partial charge < -0.3 is 14.2 Å². The highest BCUT2D eigenvalue weighted by Gasteiger charge is 2.13. The van der Waals surface area contributed by atoms with Gasteiger partial charge in [-0.05, 0) is 29.8 Å². The topological polar surface area (TPSA) is 44.8 Å². The fraction of sp³-hybridized carbons (Fsp3) is 0.167. The van der Waals surface area contributed by atoms with E-state index in [1.807, 2.05) is 30.3 Å². The number of ether oxygens (including phenoxy) is 3. The maximum atomic E-state index is 12.0. The predicted molar refractivity (Wildman–Crippen MR) is 84.2 cm³/mol. The number of esters is 1. The molecule has 0 spiro atoms. The van der Waals surface area contributed by atoms with Crippen molar-refractivity contribution in [3.8, 4) is 11.5 Å². The number of para-hydroxylation sites is 1. The van der Waals surface area contributed by atoms with Crippen LogP contribution >= 0.6 is 0 Å². The minimum atomic E-state index is -0.426. The quantitative estimate of drug-likeness (QED) is 0.578. The van der Waals surface area contributed by atoms with Crippen molar-refractivity contribution in [2.45, 2.75) is 6.61 Å². The minimum absolute atomic E-state index is 0.172. The van der Waals surface area contributed by atoms with E-state index in [-0.39, 0.29) is 6.61 Å². The van der Waals surface area contributed by atoms with Gasteiger partial charge in [0.2, 0.25) is 0 Å². The van der Waals surface area contributed by atoms with E-state index in [1.54, 1.807) is 25.3 Å². The number of hydrogen-bond acceptors (Lipinski definition) is 4. The van der Waals surface area contributed by atoms with Crippen LogP contribution in [-0.2, 0) is 11.3 Å². The second-order valence-corrected chi connectivity index (χ2v) is 4.52. The van der Waals surface area contributed by atoms with Crippen LogP contribution < -0.4 is 9.47 Å². The van der Waals surface area contributed by atoms with Gasteiger partial charge in [-0.3, -0.25) is 0 Å². The second kappa shape index (κ2) is 7.88. The molecule has 4 nitrogen and oxygen atoms in total. The van der Waals surface area contributed by atoms with Crippen molar-refractivity contribution in [3.63, 3.8) is 0 Å². The average Bonchev–Trinajstić information content (AvgIpc) is 2.58. The molecule has 0 bridgehead atoms. The van der Waals surface area contributed by atoms with Crippen LogP contribution in [0.25, 0.3) is 0 Å². The lowest BCUT2D eigenvalue weighted by Crippen LogP contribution is -2.08. The molecule has 0 aliphatic heterocycles. The smallest absolute Gasteiger partial charge is 0.342 e. The van der Waals surface area contributed by atoms with E-state index in [0.29, 0.717) is 17.9 Å². The first-order valence-corrected chi connectivity index (χ1v) is 6.87. The maximum absolute atomic E-state index is 12.0. The van der Waals surface area contributed by atoms with Crippen LogP contribution in [0, 0.1) is 0 Å². The Morgan fingerprint density at radius 2 is 1.86 bits per heavy atom. The first-order valence-electron chi connectivity index (χ1n) is 6.87. The summed E-state index contributed by atoms with van der Waals surface area (Å²) < 4.78 is 15.9. The molecular weight excluding hydrogens is 280 g/mol. The second-order valence-electron chi connectivity index (χ2n) is 4.52. The molecule has 114 valence electrons. The van der Waals surface area contributed by atoms with Gasteiger partial charge >= 0.3 is 5.97 Å².